The maximum Gasteiger partial charge on any atom is 0.131 e. The molecule has 4 atom stereocenters. The highest BCUT2D eigenvalue weighted by Crippen LogP contribution is 2.42. The number of hydrogen-bond donors (Lipinski definition) is 0. The van der Waals surface area contributed by atoms with Gasteiger partial charge in [0.1, 0.15) is 23.8 Å². The van der Waals surface area contributed by atoms with Gasteiger partial charge in [0.05, 0.1) is 12.2 Å². The Kier molecular flexibility index (Phi) is 3.47. The number of nitriles is 2. The van der Waals surface area contributed by atoms with E-state index in [1.165, 1.54) is 0 Å². The SMILES string of the molecule is CCO[C@@H]1[C@@H](C)[C@@H]2CCC(=C(C#N)C#N)[C@H]1O2. The zero-order valence-electron chi connectivity index (χ0n) is 10.1. The van der Waals surface area contributed by atoms with Gasteiger partial charge < -0.3 is 9.47 Å². The molecule has 0 radical (unpaired) electrons. The van der Waals surface area contributed by atoms with E-state index in [9.17, 15) is 0 Å². The first-order valence-electron chi connectivity index (χ1n) is 6.03. The van der Waals surface area contributed by atoms with Crippen LogP contribution in [0.1, 0.15) is 26.7 Å². The standard InChI is InChI=1S/C13H16N2O2/c1-3-16-12-8(2)11-5-4-10(13(12)17-11)9(6-14)7-15/h8,11-13H,3-5H2,1-2H3/t8-,11-,12+,13+/m0/s1. The zero-order chi connectivity index (χ0) is 12.4. The first-order valence-corrected chi connectivity index (χ1v) is 6.03. The monoisotopic (exact) mass is 232 g/mol. The van der Waals surface area contributed by atoms with E-state index in [-0.39, 0.29) is 23.9 Å². The minimum Gasteiger partial charge on any atom is -0.375 e. The van der Waals surface area contributed by atoms with Crippen molar-refractivity contribution < 1.29 is 9.47 Å². The summed E-state index contributed by atoms with van der Waals surface area (Å²) < 4.78 is 11.6. The van der Waals surface area contributed by atoms with Gasteiger partial charge in [-0.2, -0.15) is 10.5 Å². The molecule has 0 unspecified atom stereocenters. The van der Waals surface area contributed by atoms with Crippen molar-refractivity contribution in [2.45, 2.75) is 45.0 Å². The summed E-state index contributed by atoms with van der Waals surface area (Å²) in [6.45, 7) is 4.70. The Morgan fingerprint density at radius 1 is 1.47 bits per heavy atom. The van der Waals surface area contributed by atoms with Crippen molar-refractivity contribution >= 4 is 0 Å². The van der Waals surface area contributed by atoms with Gasteiger partial charge in [-0.25, -0.2) is 0 Å². The summed E-state index contributed by atoms with van der Waals surface area (Å²) in [5, 5.41) is 17.9. The van der Waals surface area contributed by atoms with Gasteiger partial charge in [0.2, 0.25) is 0 Å². The molecule has 2 aliphatic heterocycles. The number of fused-ring (bicyclic) bond motifs is 2. The van der Waals surface area contributed by atoms with Crippen LogP contribution in [-0.4, -0.2) is 24.9 Å². The highest BCUT2D eigenvalue weighted by atomic mass is 16.6. The van der Waals surface area contributed by atoms with E-state index >= 15 is 0 Å². The molecule has 2 bridgehead atoms. The Bertz CT molecular complexity index is 400. The highest BCUT2D eigenvalue weighted by Gasteiger charge is 2.47. The molecule has 2 saturated heterocycles. The molecule has 0 aromatic heterocycles. The maximum atomic E-state index is 8.96. The van der Waals surface area contributed by atoms with Gasteiger partial charge in [0, 0.05) is 12.5 Å². The molecule has 0 amide bonds. The predicted octanol–water partition coefficient (Wildman–Crippen LogP) is 1.93. The molecule has 90 valence electrons. The van der Waals surface area contributed by atoms with Gasteiger partial charge in [-0.3, -0.25) is 0 Å². The molecule has 0 N–H and O–H groups in total. The van der Waals surface area contributed by atoms with Crippen LogP contribution in [0.3, 0.4) is 0 Å². The van der Waals surface area contributed by atoms with Gasteiger partial charge in [-0.1, -0.05) is 6.92 Å². The summed E-state index contributed by atoms with van der Waals surface area (Å²) in [6, 6.07) is 3.93. The first kappa shape index (κ1) is 12.1. The van der Waals surface area contributed by atoms with Crippen LogP contribution < -0.4 is 0 Å². The fourth-order valence-corrected chi connectivity index (χ4v) is 2.80. The molecule has 0 aliphatic carbocycles. The fourth-order valence-electron chi connectivity index (χ4n) is 2.80. The molecule has 2 heterocycles. The van der Waals surface area contributed by atoms with Crippen molar-refractivity contribution in [3.8, 4) is 12.1 Å². The smallest absolute Gasteiger partial charge is 0.131 e. The van der Waals surface area contributed by atoms with Crippen LogP contribution in [-0.2, 0) is 9.47 Å². The van der Waals surface area contributed by atoms with Crippen LogP contribution in [0.15, 0.2) is 11.1 Å². The van der Waals surface area contributed by atoms with Crippen LogP contribution in [0, 0.1) is 28.6 Å². The molecule has 0 aromatic carbocycles. The van der Waals surface area contributed by atoms with E-state index in [1.807, 2.05) is 19.1 Å². The lowest BCUT2D eigenvalue weighted by molar-refractivity contribution is -0.0149. The Balaban J connectivity index is 2.33. The van der Waals surface area contributed by atoms with E-state index in [2.05, 4.69) is 6.92 Å². The van der Waals surface area contributed by atoms with Crippen molar-refractivity contribution in [2.24, 2.45) is 5.92 Å². The van der Waals surface area contributed by atoms with Crippen LogP contribution in [0.25, 0.3) is 0 Å². The summed E-state index contributed by atoms with van der Waals surface area (Å²) in [7, 11) is 0. The zero-order valence-corrected chi connectivity index (χ0v) is 10.1. The molecular weight excluding hydrogens is 216 g/mol. The normalized spacial score (nSPS) is 35.2. The van der Waals surface area contributed by atoms with Crippen LogP contribution in [0.5, 0.6) is 0 Å². The molecule has 0 spiro atoms. The average molecular weight is 232 g/mol. The summed E-state index contributed by atoms with van der Waals surface area (Å²) in [5.41, 5.74) is 1.03. The van der Waals surface area contributed by atoms with Gasteiger partial charge >= 0.3 is 0 Å². The minimum atomic E-state index is -0.196. The number of hydrogen-bond acceptors (Lipinski definition) is 4. The van der Waals surface area contributed by atoms with E-state index in [1.54, 1.807) is 0 Å². The van der Waals surface area contributed by atoms with E-state index in [4.69, 9.17) is 20.0 Å². The second-order valence-corrected chi connectivity index (χ2v) is 4.54. The van der Waals surface area contributed by atoms with Gasteiger partial charge in [0.25, 0.3) is 0 Å². The van der Waals surface area contributed by atoms with Crippen molar-refractivity contribution in [2.75, 3.05) is 6.61 Å². The Hall–Kier alpha value is -1.36. The summed E-state index contributed by atoms with van der Waals surface area (Å²) in [4.78, 5) is 0. The van der Waals surface area contributed by atoms with Crippen molar-refractivity contribution in [3.63, 3.8) is 0 Å². The number of rotatable bonds is 2. The van der Waals surface area contributed by atoms with E-state index in [0.717, 1.165) is 18.4 Å². The summed E-state index contributed by atoms with van der Waals surface area (Å²) >= 11 is 0. The number of ether oxygens (including phenoxy) is 2. The fraction of sp³-hybridized carbons (Fsp3) is 0.692. The largest absolute Gasteiger partial charge is 0.375 e. The topological polar surface area (TPSA) is 66.0 Å². The van der Waals surface area contributed by atoms with E-state index in [0.29, 0.717) is 12.5 Å². The third kappa shape index (κ3) is 1.95. The Morgan fingerprint density at radius 3 is 2.76 bits per heavy atom. The van der Waals surface area contributed by atoms with Crippen molar-refractivity contribution in [3.05, 3.63) is 11.1 Å². The second kappa shape index (κ2) is 4.87. The molecule has 0 aromatic rings. The molecule has 4 nitrogen and oxygen atoms in total. The number of allylic oxidation sites excluding steroid dienone is 1. The lowest BCUT2D eigenvalue weighted by Gasteiger charge is -2.25. The maximum absolute atomic E-state index is 8.96. The predicted molar refractivity (Wildman–Crippen MR) is 60.7 cm³/mol. The molecule has 0 saturated carbocycles. The third-order valence-electron chi connectivity index (χ3n) is 3.67. The Labute approximate surface area is 101 Å². The van der Waals surface area contributed by atoms with E-state index < -0.39 is 0 Å². The van der Waals surface area contributed by atoms with Crippen molar-refractivity contribution in [1.29, 1.82) is 10.5 Å². The Morgan fingerprint density at radius 2 is 2.18 bits per heavy atom. The third-order valence-corrected chi connectivity index (χ3v) is 3.67. The van der Waals surface area contributed by atoms with Gasteiger partial charge in [-0.05, 0) is 25.3 Å². The van der Waals surface area contributed by atoms with Gasteiger partial charge in [0.15, 0.2) is 0 Å². The minimum absolute atomic E-state index is 0.0146. The molecule has 2 aliphatic rings. The van der Waals surface area contributed by atoms with Crippen LogP contribution >= 0.6 is 0 Å². The lowest BCUT2D eigenvalue weighted by Crippen LogP contribution is -2.30. The number of nitrogens with zero attached hydrogens (tertiary/aromatic N) is 2. The summed E-state index contributed by atoms with van der Waals surface area (Å²) in [6.07, 6.45) is 1.65. The molecule has 2 fully saturated rings. The van der Waals surface area contributed by atoms with Crippen LogP contribution in [0.4, 0.5) is 0 Å². The average Bonchev–Trinajstić information content (AvgIpc) is 2.59. The van der Waals surface area contributed by atoms with Crippen LogP contribution in [0.2, 0.25) is 0 Å². The molecule has 4 heteroatoms. The molecule has 2 rings (SSSR count). The summed E-state index contributed by atoms with van der Waals surface area (Å²) in [5.74, 6) is 0.330. The molecular formula is C13H16N2O2. The molecule has 17 heavy (non-hydrogen) atoms. The van der Waals surface area contributed by atoms with Gasteiger partial charge in [-0.15, -0.1) is 0 Å². The first-order chi connectivity index (χ1) is 8.22. The quantitative estimate of drug-likeness (QED) is 0.682. The highest BCUT2D eigenvalue weighted by molar-refractivity contribution is 5.43. The lowest BCUT2D eigenvalue weighted by atomic mass is 9.96. The second-order valence-electron chi connectivity index (χ2n) is 4.54. The van der Waals surface area contributed by atoms with Crippen molar-refractivity contribution in [1.82, 2.24) is 0 Å².